The maximum absolute atomic E-state index is 12.2. The second-order valence-electron chi connectivity index (χ2n) is 3.80. The highest BCUT2D eigenvalue weighted by atomic mass is 16.2. The third kappa shape index (κ3) is 1.29. The van der Waals surface area contributed by atoms with Crippen molar-refractivity contribution >= 4 is 23.3 Å². The molecule has 0 atom stereocenters. The van der Waals surface area contributed by atoms with Crippen LogP contribution in [0.4, 0.5) is 11.5 Å². The van der Waals surface area contributed by atoms with Gasteiger partial charge in [-0.15, -0.1) is 5.10 Å². The fourth-order valence-corrected chi connectivity index (χ4v) is 1.93. The van der Waals surface area contributed by atoms with Gasteiger partial charge in [-0.2, -0.15) is 5.10 Å². The number of aromatic nitrogens is 2. The number of rotatable bonds is 1. The van der Waals surface area contributed by atoms with E-state index in [1.54, 1.807) is 30.3 Å². The summed E-state index contributed by atoms with van der Waals surface area (Å²) in [7, 11) is 0. The van der Waals surface area contributed by atoms with Crippen LogP contribution in [0.2, 0.25) is 0 Å². The predicted molar refractivity (Wildman–Crippen MR) is 64.0 cm³/mol. The van der Waals surface area contributed by atoms with Gasteiger partial charge in [0.15, 0.2) is 5.82 Å². The summed E-state index contributed by atoms with van der Waals surface area (Å²) in [5.41, 5.74) is 6.54. The van der Waals surface area contributed by atoms with Crippen LogP contribution in [-0.4, -0.2) is 22.0 Å². The summed E-state index contributed by atoms with van der Waals surface area (Å²) in [5.74, 6) is -0.695. The van der Waals surface area contributed by atoms with Crippen LogP contribution in [-0.2, 0) is 0 Å². The first-order chi connectivity index (χ1) is 8.70. The molecule has 2 N–H and O–H groups in total. The van der Waals surface area contributed by atoms with Gasteiger partial charge in [0.2, 0.25) is 0 Å². The van der Waals surface area contributed by atoms with Gasteiger partial charge >= 0.3 is 0 Å². The molecular weight excluding hydrogens is 232 g/mol. The molecular formula is C12H8N4O2. The van der Waals surface area contributed by atoms with Crippen LogP contribution in [0.1, 0.15) is 20.7 Å². The van der Waals surface area contributed by atoms with E-state index in [9.17, 15) is 9.59 Å². The van der Waals surface area contributed by atoms with Crippen molar-refractivity contribution < 1.29 is 9.59 Å². The van der Waals surface area contributed by atoms with Crippen LogP contribution in [0.15, 0.2) is 36.5 Å². The molecule has 2 aromatic rings. The second kappa shape index (κ2) is 3.63. The molecule has 0 aliphatic carbocycles. The maximum atomic E-state index is 12.2. The van der Waals surface area contributed by atoms with Gasteiger partial charge in [-0.1, -0.05) is 6.07 Å². The summed E-state index contributed by atoms with van der Waals surface area (Å²) in [4.78, 5) is 25.3. The summed E-state index contributed by atoms with van der Waals surface area (Å²) < 4.78 is 0. The zero-order chi connectivity index (χ0) is 12.7. The highest BCUT2D eigenvalue weighted by Gasteiger charge is 2.38. The number of imide groups is 1. The number of fused-ring (bicyclic) bond motifs is 1. The van der Waals surface area contributed by atoms with Gasteiger partial charge in [0.25, 0.3) is 11.8 Å². The summed E-state index contributed by atoms with van der Waals surface area (Å²) in [6.07, 6.45) is 1.47. The quantitative estimate of drug-likeness (QED) is 0.589. The molecule has 18 heavy (non-hydrogen) atoms. The molecule has 0 bridgehead atoms. The van der Waals surface area contributed by atoms with Crippen molar-refractivity contribution in [3.05, 3.63) is 47.7 Å². The number of carbonyl (C=O) groups is 2. The smallest absolute Gasteiger partial charge is 0.269 e. The van der Waals surface area contributed by atoms with Crippen molar-refractivity contribution in [3.8, 4) is 0 Å². The van der Waals surface area contributed by atoms with E-state index < -0.39 is 11.8 Å². The molecule has 0 fully saturated rings. The standard InChI is InChI=1S/C12H8N4O2/c13-8-4-1-3-7-10(8)12(18)16(11(7)17)9-5-2-6-14-15-9/h1-6H,13H2. The molecule has 1 aliphatic rings. The molecule has 0 saturated carbocycles. The van der Waals surface area contributed by atoms with E-state index in [0.29, 0.717) is 5.56 Å². The Kier molecular flexibility index (Phi) is 2.09. The Bertz CT molecular complexity index is 654. The normalized spacial score (nSPS) is 13.9. The molecule has 3 rings (SSSR count). The van der Waals surface area contributed by atoms with Gasteiger partial charge in [-0.05, 0) is 24.3 Å². The molecule has 6 nitrogen and oxygen atoms in total. The molecule has 1 aromatic carbocycles. The molecule has 6 heteroatoms. The van der Waals surface area contributed by atoms with Crippen molar-refractivity contribution in [2.45, 2.75) is 0 Å². The van der Waals surface area contributed by atoms with Crippen LogP contribution < -0.4 is 10.6 Å². The number of carbonyl (C=O) groups excluding carboxylic acids is 2. The van der Waals surface area contributed by atoms with E-state index in [-0.39, 0.29) is 17.1 Å². The van der Waals surface area contributed by atoms with Crippen molar-refractivity contribution in [2.75, 3.05) is 10.6 Å². The molecule has 2 heterocycles. The van der Waals surface area contributed by atoms with Gasteiger partial charge in [0.1, 0.15) is 0 Å². The lowest BCUT2D eigenvalue weighted by atomic mass is 10.1. The Balaban J connectivity index is 2.17. The average Bonchev–Trinajstić information content (AvgIpc) is 2.64. The molecule has 0 radical (unpaired) electrons. The van der Waals surface area contributed by atoms with Crippen LogP contribution in [0, 0.1) is 0 Å². The number of amides is 2. The molecule has 1 aliphatic heterocycles. The fourth-order valence-electron chi connectivity index (χ4n) is 1.93. The zero-order valence-corrected chi connectivity index (χ0v) is 9.20. The van der Waals surface area contributed by atoms with E-state index in [1.807, 2.05) is 0 Å². The molecule has 88 valence electrons. The summed E-state index contributed by atoms with van der Waals surface area (Å²) in [6, 6.07) is 7.95. The van der Waals surface area contributed by atoms with Crippen molar-refractivity contribution in [2.24, 2.45) is 0 Å². The minimum absolute atomic E-state index is 0.197. The number of hydrogen-bond acceptors (Lipinski definition) is 5. The Morgan fingerprint density at radius 3 is 2.56 bits per heavy atom. The van der Waals surface area contributed by atoms with Crippen LogP contribution in [0.3, 0.4) is 0 Å². The lowest BCUT2D eigenvalue weighted by molar-refractivity contribution is 0.0925. The highest BCUT2D eigenvalue weighted by Crippen LogP contribution is 2.30. The topological polar surface area (TPSA) is 89.2 Å². The monoisotopic (exact) mass is 240 g/mol. The molecule has 0 saturated heterocycles. The third-order valence-electron chi connectivity index (χ3n) is 2.73. The SMILES string of the molecule is Nc1cccc2c1C(=O)N(c1cccnn1)C2=O. The Morgan fingerprint density at radius 2 is 1.89 bits per heavy atom. The van der Waals surface area contributed by atoms with Crippen molar-refractivity contribution in [1.29, 1.82) is 0 Å². The van der Waals surface area contributed by atoms with E-state index in [0.717, 1.165) is 4.90 Å². The Labute approximate surface area is 102 Å². The maximum Gasteiger partial charge on any atom is 0.269 e. The number of hydrogen-bond donors (Lipinski definition) is 1. The lowest BCUT2D eigenvalue weighted by Crippen LogP contribution is -2.30. The Hall–Kier alpha value is -2.76. The van der Waals surface area contributed by atoms with E-state index in [4.69, 9.17) is 5.73 Å². The minimum Gasteiger partial charge on any atom is -0.398 e. The van der Waals surface area contributed by atoms with Gasteiger partial charge in [-0.3, -0.25) is 9.59 Å². The molecule has 0 unspecified atom stereocenters. The first-order valence-corrected chi connectivity index (χ1v) is 5.25. The molecule has 1 aromatic heterocycles. The van der Waals surface area contributed by atoms with Crippen LogP contribution in [0.5, 0.6) is 0 Å². The number of nitrogens with zero attached hydrogens (tertiary/aromatic N) is 3. The first kappa shape index (κ1) is 10.4. The van der Waals surface area contributed by atoms with Crippen LogP contribution >= 0.6 is 0 Å². The van der Waals surface area contributed by atoms with E-state index >= 15 is 0 Å². The summed E-state index contributed by atoms with van der Waals surface area (Å²) in [6.45, 7) is 0. The third-order valence-corrected chi connectivity index (χ3v) is 2.73. The molecule has 0 spiro atoms. The van der Waals surface area contributed by atoms with Gasteiger partial charge in [0, 0.05) is 11.9 Å². The van der Waals surface area contributed by atoms with Gasteiger partial charge < -0.3 is 5.73 Å². The second-order valence-corrected chi connectivity index (χ2v) is 3.80. The van der Waals surface area contributed by atoms with Gasteiger partial charge in [0.05, 0.1) is 11.1 Å². The number of nitrogen functional groups attached to an aromatic ring is 1. The van der Waals surface area contributed by atoms with Crippen molar-refractivity contribution in [3.63, 3.8) is 0 Å². The number of benzene rings is 1. The lowest BCUT2D eigenvalue weighted by Gasteiger charge is -2.10. The fraction of sp³-hybridized carbons (Fsp3) is 0. The summed E-state index contributed by atoms with van der Waals surface area (Å²) >= 11 is 0. The first-order valence-electron chi connectivity index (χ1n) is 5.25. The summed E-state index contributed by atoms with van der Waals surface area (Å²) in [5, 5.41) is 7.42. The van der Waals surface area contributed by atoms with Crippen LogP contribution in [0.25, 0.3) is 0 Å². The number of nitrogens with two attached hydrogens (primary N) is 1. The largest absolute Gasteiger partial charge is 0.398 e. The van der Waals surface area contributed by atoms with E-state index in [2.05, 4.69) is 10.2 Å². The van der Waals surface area contributed by atoms with Gasteiger partial charge in [-0.25, -0.2) is 4.90 Å². The number of anilines is 2. The zero-order valence-electron chi connectivity index (χ0n) is 9.20. The average molecular weight is 240 g/mol. The minimum atomic E-state index is -0.464. The van der Waals surface area contributed by atoms with E-state index in [1.165, 1.54) is 6.20 Å². The Morgan fingerprint density at radius 1 is 1.06 bits per heavy atom. The molecule has 2 amide bonds. The van der Waals surface area contributed by atoms with Crippen molar-refractivity contribution in [1.82, 2.24) is 10.2 Å². The highest BCUT2D eigenvalue weighted by molar-refractivity contribution is 6.35. The predicted octanol–water partition coefficient (Wildman–Crippen LogP) is 0.859.